The summed E-state index contributed by atoms with van der Waals surface area (Å²) in [5.74, 6) is 0.726. The van der Waals surface area contributed by atoms with Gasteiger partial charge in [-0.1, -0.05) is 37.1 Å². The first-order valence-electron chi connectivity index (χ1n) is 9.57. The number of nitrogens with zero attached hydrogens (tertiary/aromatic N) is 2. The van der Waals surface area contributed by atoms with Crippen LogP contribution in [0.2, 0.25) is 5.02 Å². The highest BCUT2D eigenvalue weighted by Crippen LogP contribution is 2.45. The van der Waals surface area contributed by atoms with Crippen molar-refractivity contribution in [1.29, 1.82) is 0 Å². The average Bonchev–Trinajstić information content (AvgIpc) is 3.27. The fourth-order valence-corrected chi connectivity index (χ4v) is 3.96. The fraction of sp³-hybridized carbons (Fsp3) is 0.273. The largest absolute Gasteiger partial charge is 0.507 e. The second kappa shape index (κ2) is 7.79. The zero-order valence-corrected chi connectivity index (χ0v) is 17.0. The number of rotatable bonds is 6. The molecule has 3 aromatic rings. The van der Waals surface area contributed by atoms with Crippen molar-refractivity contribution in [2.24, 2.45) is 0 Å². The number of fused-ring (bicyclic) bond motifs is 1. The van der Waals surface area contributed by atoms with Gasteiger partial charge in [0, 0.05) is 22.7 Å². The van der Waals surface area contributed by atoms with E-state index in [0.29, 0.717) is 28.5 Å². The normalized spacial score (nSPS) is 15.6. The summed E-state index contributed by atoms with van der Waals surface area (Å²) in [5.41, 5.74) is 3.20. The number of carbonyl (C=O) groups is 1. The summed E-state index contributed by atoms with van der Waals surface area (Å²) >= 11 is 6.16. The summed E-state index contributed by atoms with van der Waals surface area (Å²) in [4.78, 5) is 15.0. The Morgan fingerprint density at radius 2 is 2.00 bits per heavy atom. The van der Waals surface area contributed by atoms with Crippen LogP contribution in [0.25, 0.3) is 11.3 Å². The van der Waals surface area contributed by atoms with E-state index in [4.69, 9.17) is 16.3 Å². The third kappa shape index (κ3) is 3.34. The lowest BCUT2D eigenvalue weighted by atomic mass is 9.95. The average molecular weight is 412 g/mol. The van der Waals surface area contributed by atoms with Gasteiger partial charge in [0.05, 0.1) is 13.2 Å². The van der Waals surface area contributed by atoms with Crippen LogP contribution in [-0.2, 0) is 0 Å². The van der Waals surface area contributed by atoms with Crippen molar-refractivity contribution >= 4 is 17.5 Å². The second-order valence-corrected chi connectivity index (χ2v) is 7.49. The number of carbonyl (C=O) groups excluding carboxylic acids is 1. The number of amides is 1. The van der Waals surface area contributed by atoms with E-state index in [2.05, 4.69) is 17.1 Å². The molecule has 6 nitrogen and oxygen atoms in total. The topological polar surface area (TPSA) is 78.5 Å². The smallest absolute Gasteiger partial charge is 0.273 e. The Hall–Kier alpha value is -2.99. The number of aromatic amines is 1. The Labute approximate surface area is 174 Å². The molecule has 0 aliphatic carbocycles. The van der Waals surface area contributed by atoms with E-state index in [9.17, 15) is 9.90 Å². The van der Waals surface area contributed by atoms with Gasteiger partial charge in [-0.25, -0.2) is 0 Å². The number of phenols is 1. The molecule has 7 heteroatoms. The predicted octanol–water partition coefficient (Wildman–Crippen LogP) is 4.79. The summed E-state index contributed by atoms with van der Waals surface area (Å²) in [5, 5.41) is 18.2. The molecule has 1 aromatic heterocycles. The second-order valence-electron chi connectivity index (χ2n) is 7.05. The van der Waals surface area contributed by atoms with Crippen molar-refractivity contribution in [2.45, 2.75) is 25.8 Å². The number of nitrogens with one attached hydrogen (secondary N) is 1. The maximum atomic E-state index is 13.1. The molecule has 1 aliphatic heterocycles. The summed E-state index contributed by atoms with van der Waals surface area (Å²) in [7, 11) is 1.62. The van der Waals surface area contributed by atoms with E-state index in [-0.39, 0.29) is 17.7 Å². The van der Waals surface area contributed by atoms with Crippen molar-refractivity contribution in [3.63, 3.8) is 0 Å². The maximum Gasteiger partial charge on any atom is 0.273 e. The zero-order valence-electron chi connectivity index (χ0n) is 16.3. The fourth-order valence-electron chi connectivity index (χ4n) is 3.79. The Morgan fingerprint density at radius 3 is 2.69 bits per heavy atom. The molecule has 150 valence electrons. The van der Waals surface area contributed by atoms with Crippen molar-refractivity contribution in [3.05, 3.63) is 64.3 Å². The molecule has 2 heterocycles. The van der Waals surface area contributed by atoms with Crippen molar-refractivity contribution in [1.82, 2.24) is 15.1 Å². The number of H-pyrrole nitrogens is 1. The third-order valence-corrected chi connectivity index (χ3v) is 5.50. The van der Waals surface area contributed by atoms with Gasteiger partial charge in [-0.15, -0.1) is 0 Å². The number of hydrogen-bond acceptors (Lipinski definition) is 4. The molecule has 0 spiro atoms. The van der Waals surface area contributed by atoms with Crippen molar-refractivity contribution in [3.8, 4) is 22.8 Å². The third-order valence-electron chi connectivity index (χ3n) is 5.26. The van der Waals surface area contributed by atoms with Gasteiger partial charge in [0.15, 0.2) is 0 Å². The number of halogens is 1. The Balaban J connectivity index is 1.87. The van der Waals surface area contributed by atoms with E-state index in [1.54, 1.807) is 19.2 Å². The van der Waals surface area contributed by atoms with Crippen LogP contribution in [0.5, 0.6) is 11.5 Å². The number of unbranched alkanes of at least 4 members (excludes halogenated alkanes) is 1. The van der Waals surface area contributed by atoms with Gasteiger partial charge in [-0.05, 0) is 42.3 Å². The summed E-state index contributed by atoms with van der Waals surface area (Å²) in [6, 6.07) is 12.2. The Bertz CT molecular complexity index is 1050. The minimum atomic E-state index is -0.304. The molecular weight excluding hydrogens is 390 g/mol. The van der Waals surface area contributed by atoms with Crippen LogP contribution in [-0.4, -0.2) is 39.8 Å². The Morgan fingerprint density at radius 1 is 1.24 bits per heavy atom. The monoisotopic (exact) mass is 411 g/mol. The molecule has 0 saturated carbocycles. The maximum absolute atomic E-state index is 13.1. The summed E-state index contributed by atoms with van der Waals surface area (Å²) in [6.07, 6.45) is 1.88. The zero-order chi connectivity index (χ0) is 20.5. The molecule has 0 radical (unpaired) electrons. The molecular formula is C22H22ClN3O3. The van der Waals surface area contributed by atoms with E-state index >= 15 is 0 Å². The lowest BCUT2D eigenvalue weighted by molar-refractivity contribution is 0.0741. The molecule has 2 N–H and O–H groups in total. The molecule has 0 saturated heterocycles. The predicted molar refractivity (Wildman–Crippen MR) is 111 cm³/mol. The van der Waals surface area contributed by atoms with Gasteiger partial charge < -0.3 is 14.7 Å². The van der Waals surface area contributed by atoms with E-state index in [1.165, 1.54) is 6.07 Å². The quantitative estimate of drug-likeness (QED) is 0.611. The minimum absolute atomic E-state index is 0.0663. The van der Waals surface area contributed by atoms with Gasteiger partial charge >= 0.3 is 0 Å². The molecule has 2 aromatic carbocycles. The van der Waals surface area contributed by atoms with Crippen molar-refractivity contribution in [2.75, 3.05) is 13.7 Å². The number of methoxy groups -OCH3 is 1. The summed E-state index contributed by atoms with van der Waals surface area (Å²) < 4.78 is 5.27. The van der Waals surface area contributed by atoms with Crippen LogP contribution < -0.4 is 4.74 Å². The first kappa shape index (κ1) is 19.3. The van der Waals surface area contributed by atoms with Gasteiger partial charge in [-0.3, -0.25) is 9.89 Å². The van der Waals surface area contributed by atoms with Crippen LogP contribution in [0.1, 0.15) is 47.4 Å². The van der Waals surface area contributed by atoms with Crippen LogP contribution in [0.15, 0.2) is 42.5 Å². The molecule has 4 rings (SSSR count). The Kier molecular flexibility index (Phi) is 5.20. The highest BCUT2D eigenvalue weighted by Gasteiger charge is 2.42. The SMILES string of the molecule is CCCCN1C(=O)c2[nH]nc(-c3cc(Cl)ccc3O)c2C1c1ccc(OC)cc1. The lowest BCUT2D eigenvalue weighted by Gasteiger charge is -2.26. The lowest BCUT2D eigenvalue weighted by Crippen LogP contribution is -2.30. The molecule has 29 heavy (non-hydrogen) atoms. The van der Waals surface area contributed by atoms with E-state index < -0.39 is 0 Å². The van der Waals surface area contributed by atoms with Crippen LogP contribution in [0.4, 0.5) is 0 Å². The molecule has 1 unspecified atom stereocenters. The van der Waals surface area contributed by atoms with Crippen LogP contribution >= 0.6 is 11.6 Å². The molecule has 1 aliphatic rings. The number of hydrogen-bond donors (Lipinski definition) is 2. The van der Waals surface area contributed by atoms with E-state index in [1.807, 2.05) is 29.2 Å². The minimum Gasteiger partial charge on any atom is -0.507 e. The highest BCUT2D eigenvalue weighted by molar-refractivity contribution is 6.31. The number of aromatic hydroxyl groups is 1. The van der Waals surface area contributed by atoms with E-state index in [0.717, 1.165) is 29.7 Å². The van der Waals surface area contributed by atoms with Crippen molar-refractivity contribution < 1.29 is 14.6 Å². The molecule has 1 atom stereocenters. The molecule has 0 bridgehead atoms. The van der Waals surface area contributed by atoms with Gasteiger partial charge in [0.2, 0.25) is 0 Å². The van der Waals surface area contributed by atoms with Crippen LogP contribution in [0, 0.1) is 0 Å². The van der Waals surface area contributed by atoms with Gasteiger partial charge in [0.1, 0.15) is 22.9 Å². The van der Waals surface area contributed by atoms with Crippen LogP contribution in [0.3, 0.4) is 0 Å². The van der Waals surface area contributed by atoms with Gasteiger partial charge in [-0.2, -0.15) is 5.10 Å². The number of phenolic OH excluding ortho intramolecular Hbond substituents is 1. The van der Waals surface area contributed by atoms with Gasteiger partial charge in [0.25, 0.3) is 5.91 Å². The first-order valence-corrected chi connectivity index (χ1v) is 9.95. The standard InChI is InChI=1S/C22H22ClN3O3/c1-3-4-11-26-21(13-5-8-15(29-2)9-6-13)18-19(24-25-20(18)22(26)28)16-12-14(23)7-10-17(16)27/h5-10,12,21,27H,3-4,11H2,1-2H3,(H,24,25). The molecule has 0 fully saturated rings. The number of aromatic nitrogens is 2. The number of ether oxygens (including phenoxy) is 1. The highest BCUT2D eigenvalue weighted by atomic mass is 35.5. The first-order chi connectivity index (χ1) is 14.0. The number of benzene rings is 2. The summed E-state index contributed by atoms with van der Waals surface area (Å²) in [6.45, 7) is 2.73. The molecule has 1 amide bonds.